The van der Waals surface area contributed by atoms with E-state index in [1.165, 1.54) is 4.90 Å². The lowest BCUT2D eigenvalue weighted by atomic mass is 9.85. The van der Waals surface area contributed by atoms with Gasteiger partial charge in [0.1, 0.15) is 36.9 Å². The van der Waals surface area contributed by atoms with Crippen molar-refractivity contribution in [2.24, 2.45) is 17.8 Å². The Bertz CT molecular complexity index is 1900. The largest absolute Gasteiger partial charge is 0.486 e. The fourth-order valence-corrected chi connectivity index (χ4v) is 9.20. The van der Waals surface area contributed by atoms with Gasteiger partial charge in [-0.15, -0.1) is 0 Å². The molecule has 1 saturated heterocycles. The highest BCUT2D eigenvalue weighted by Gasteiger charge is 2.62. The van der Waals surface area contributed by atoms with Crippen LogP contribution in [0.25, 0.3) is 10.8 Å². The van der Waals surface area contributed by atoms with Crippen molar-refractivity contribution >= 4 is 44.6 Å². The summed E-state index contributed by atoms with van der Waals surface area (Å²) in [6.07, 6.45) is 6.85. The topological polar surface area (TPSA) is 203 Å². The lowest BCUT2D eigenvalue weighted by molar-refractivity contribution is -0.142. The number of carboxylic acid groups (broad SMARTS) is 1. The third kappa shape index (κ3) is 7.08. The van der Waals surface area contributed by atoms with Crippen molar-refractivity contribution in [3.8, 4) is 17.4 Å². The van der Waals surface area contributed by atoms with Crippen LogP contribution in [0, 0.1) is 17.8 Å². The van der Waals surface area contributed by atoms with Crippen molar-refractivity contribution in [2.75, 3.05) is 19.8 Å². The second kappa shape index (κ2) is 14.1. The van der Waals surface area contributed by atoms with Crippen molar-refractivity contribution in [3.63, 3.8) is 0 Å². The molecular weight excluding hydrogens is 694 g/mol. The van der Waals surface area contributed by atoms with Gasteiger partial charge in [-0.3, -0.25) is 19.1 Å². The van der Waals surface area contributed by atoms with Crippen molar-refractivity contribution in [2.45, 2.75) is 94.2 Å². The number of fused-ring (bicyclic) bond motifs is 5. The second-order valence-corrected chi connectivity index (χ2v) is 16.6. The molecule has 1 aromatic heterocycles. The van der Waals surface area contributed by atoms with Gasteiger partial charge in [0.05, 0.1) is 11.8 Å². The monoisotopic (exact) mass is 739 g/mol. The molecular formula is C36H45N5O10S. The highest BCUT2D eigenvalue weighted by atomic mass is 32.2. The molecule has 7 rings (SSSR count). The van der Waals surface area contributed by atoms with E-state index in [9.17, 15) is 32.7 Å². The Labute approximate surface area is 301 Å². The summed E-state index contributed by atoms with van der Waals surface area (Å²) in [5.41, 5.74) is -1.53. The molecule has 2 aromatic rings. The smallest absolute Gasteiger partial charge is 0.405 e. The Morgan fingerprint density at radius 1 is 1.12 bits per heavy atom. The minimum absolute atomic E-state index is 0.00571. The number of nitrogens with zero attached hydrogens (tertiary/aromatic N) is 2. The zero-order valence-electron chi connectivity index (χ0n) is 29.2. The summed E-state index contributed by atoms with van der Waals surface area (Å²) < 4.78 is 45.9. The predicted molar refractivity (Wildman–Crippen MR) is 187 cm³/mol. The van der Waals surface area contributed by atoms with Crippen molar-refractivity contribution in [3.05, 3.63) is 36.5 Å². The lowest BCUT2D eigenvalue weighted by Crippen LogP contribution is -2.59. The zero-order chi connectivity index (χ0) is 36.8. The number of allylic oxidation sites excluding steroid dienone is 1. The first kappa shape index (κ1) is 35.8. The Morgan fingerprint density at radius 3 is 2.65 bits per heavy atom. The number of nitrogens with one attached hydrogen (secondary N) is 3. The first-order valence-corrected chi connectivity index (χ1v) is 19.6. The van der Waals surface area contributed by atoms with Crippen LogP contribution in [0.15, 0.2) is 36.5 Å². The number of hydrogen-bond donors (Lipinski definition) is 4. The lowest BCUT2D eigenvalue weighted by Gasteiger charge is -2.33. The fraction of sp³-hybridized carbons (Fsp3) is 0.583. The van der Waals surface area contributed by atoms with E-state index >= 15 is 0 Å². The van der Waals surface area contributed by atoms with E-state index < -0.39 is 68.7 Å². The van der Waals surface area contributed by atoms with E-state index in [2.05, 4.69) is 20.3 Å². The van der Waals surface area contributed by atoms with E-state index in [0.717, 1.165) is 11.8 Å². The van der Waals surface area contributed by atoms with Crippen LogP contribution in [0.5, 0.6) is 17.4 Å². The number of pyridine rings is 1. The van der Waals surface area contributed by atoms with Crippen LogP contribution in [-0.4, -0.2) is 96.0 Å². The third-order valence-electron chi connectivity index (χ3n) is 10.9. The fourth-order valence-electron chi connectivity index (χ4n) is 7.84. The highest BCUT2D eigenvalue weighted by molar-refractivity contribution is 7.91. The van der Waals surface area contributed by atoms with Gasteiger partial charge >= 0.3 is 6.09 Å². The molecule has 52 heavy (non-hydrogen) atoms. The number of amides is 4. The minimum Gasteiger partial charge on any atom is -0.486 e. The predicted octanol–water partition coefficient (Wildman–Crippen LogP) is 2.88. The van der Waals surface area contributed by atoms with Crippen LogP contribution in [0.4, 0.5) is 4.79 Å². The molecule has 15 nitrogen and oxygen atoms in total. The third-order valence-corrected chi connectivity index (χ3v) is 12.8. The summed E-state index contributed by atoms with van der Waals surface area (Å²) in [5, 5.41) is 15.9. The molecule has 3 aliphatic heterocycles. The molecule has 2 aliphatic carbocycles. The Balaban J connectivity index is 1.22. The number of ether oxygens (including phenoxy) is 3. The molecule has 7 atom stereocenters. The van der Waals surface area contributed by atoms with E-state index in [1.54, 1.807) is 24.4 Å². The summed E-state index contributed by atoms with van der Waals surface area (Å²) in [5.74, 6) is -1.32. The van der Waals surface area contributed by atoms with Crippen LogP contribution in [0.1, 0.15) is 65.2 Å². The van der Waals surface area contributed by atoms with Crippen LogP contribution < -0.4 is 29.6 Å². The Hall–Kier alpha value is -4.60. The normalized spacial score (nSPS) is 30.6. The number of hydrogen-bond acceptors (Lipinski definition) is 10. The van der Waals surface area contributed by atoms with Gasteiger partial charge in [-0.2, -0.15) is 0 Å². The molecule has 1 aromatic carbocycles. The number of sulfonamides is 1. The molecule has 3 fully saturated rings. The van der Waals surface area contributed by atoms with E-state index in [1.807, 2.05) is 26.0 Å². The molecule has 0 unspecified atom stereocenters. The number of carbonyl (C=O) groups excluding carboxylic acids is 3. The molecule has 16 heteroatoms. The van der Waals surface area contributed by atoms with Crippen molar-refractivity contribution in [1.29, 1.82) is 0 Å². The number of benzene rings is 1. The first-order chi connectivity index (χ1) is 24.9. The summed E-state index contributed by atoms with van der Waals surface area (Å²) in [6, 6.07) is 3.05. The molecule has 4 heterocycles. The standard InChI is InChI=1S/C36H45N5O10S/c1-3-21-16-20(2)6-4-5-7-22-18-36(22,34(44)40-52(47,48)24-8-9-24)39-31(42)27-17-23(19-41(27)33(43)29(21)38-35(45)46)51-32-26-10-11-28-30(50-15-14-49-28)25(26)12-13-37-32/h5,7,10-13,20-24,27,29,38H,3-4,6,8-9,14-19H2,1-2H3,(H,39,42)(H,40,44)(H,45,46)/t20-,21+,22+,23+,27-,29-,36+/m0/s1. The zero-order valence-corrected chi connectivity index (χ0v) is 30.0. The van der Waals surface area contributed by atoms with Crippen molar-refractivity contribution in [1.82, 2.24) is 25.2 Å². The average molecular weight is 740 g/mol. The number of aromatic nitrogens is 1. The van der Waals surface area contributed by atoms with Gasteiger partial charge < -0.3 is 34.9 Å². The molecule has 0 spiro atoms. The summed E-state index contributed by atoms with van der Waals surface area (Å²) in [6.45, 7) is 4.69. The Kier molecular flexibility index (Phi) is 9.69. The molecule has 280 valence electrons. The van der Waals surface area contributed by atoms with E-state index in [-0.39, 0.29) is 37.1 Å². The summed E-state index contributed by atoms with van der Waals surface area (Å²) >= 11 is 0. The summed E-state index contributed by atoms with van der Waals surface area (Å²) in [7, 11) is -3.91. The van der Waals surface area contributed by atoms with Gasteiger partial charge in [-0.05, 0) is 68.6 Å². The Morgan fingerprint density at radius 2 is 1.90 bits per heavy atom. The minimum atomic E-state index is -3.91. The van der Waals surface area contributed by atoms with Gasteiger partial charge in [0.15, 0.2) is 11.5 Å². The number of carbonyl (C=O) groups is 4. The van der Waals surface area contributed by atoms with Crippen LogP contribution in [-0.2, 0) is 24.4 Å². The van der Waals surface area contributed by atoms with Gasteiger partial charge in [0.25, 0.3) is 5.91 Å². The van der Waals surface area contributed by atoms with Gasteiger partial charge in [-0.1, -0.05) is 32.4 Å². The molecule has 0 bridgehead atoms. The van der Waals surface area contributed by atoms with E-state index in [0.29, 0.717) is 62.2 Å². The summed E-state index contributed by atoms with van der Waals surface area (Å²) in [4.78, 5) is 60.4. The van der Waals surface area contributed by atoms with Gasteiger partial charge in [0, 0.05) is 29.3 Å². The quantitative estimate of drug-likeness (QED) is 0.304. The second-order valence-electron chi connectivity index (χ2n) is 14.7. The number of rotatable bonds is 7. The van der Waals surface area contributed by atoms with Gasteiger partial charge in [-0.25, -0.2) is 18.2 Å². The van der Waals surface area contributed by atoms with Crippen LogP contribution in [0.2, 0.25) is 0 Å². The first-order valence-electron chi connectivity index (χ1n) is 18.1. The van der Waals surface area contributed by atoms with E-state index in [4.69, 9.17) is 14.2 Å². The van der Waals surface area contributed by atoms with Crippen LogP contribution >= 0.6 is 0 Å². The maximum atomic E-state index is 14.5. The van der Waals surface area contributed by atoms with Crippen LogP contribution in [0.3, 0.4) is 0 Å². The molecule has 5 aliphatic rings. The van der Waals surface area contributed by atoms with Crippen molar-refractivity contribution < 1.29 is 46.9 Å². The molecule has 4 amide bonds. The SMILES string of the molecule is CC[C@@H]1C[C@@H](C)CCC=C[C@@H]2C[C@@]2(C(=O)NS(=O)(=O)C2CC2)NC(=O)[C@@H]2C[C@@H](Oc3nccc4c5c(ccc34)OCCO5)CN2C(=O)[C@H]1NC(=O)O. The maximum Gasteiger partial charge on any atom is 0.405 e. The van der Waals surface area contributed by atoms with Gasteiger partial charge in [0.2, 0.25) is 27.7 Å². The molecule has 0 radical (unpaired) electrons. The highest BCUT2D eigenvalue weighted by Crippen LogP contribution is 2.46. The molecule has 4 N–H and O–H groups in total. The maximum absolute atomic E-state index is 14.5. The molecule has 2 saturated carbocycles. The average Bonchev–Trinajstić information content (AvgIpc) is 4.04.